The number of rotatable bonds is 4. The van der Waals surface area contributed by atoms with Crippen LogP contribution in [0.4, 0.5) is 10.2 Å². The highest BCUT2D eigenvalue weighted by atomic mass is 19.1. The lowest BCUT2D eigenvalue weighted by Gasteiger charge is -2.19. The van der Waals surface area contributed by atoms with Crippen LogP contribution in [0, 0.1) is 12.7 Å². The first-order chi connectivity index (χ1) is 14.6. The Kier molecular flexibility index (Phi) is 4.42. The van der Waals surface area contributed by atoms with Crippen molar-refractivity contribution in [1.82, 2.24) is 29.5 Å². The van der Waals surface area contributed by atoms with Crippen molar-refractivity contribution < 1.29 is 9.18 Å². The lowest BCUT2D eigenvalue weighted by Crippen LogP contribution is -2.37. The molecule has 1 aliphatic heterocycles. The molecule has 1 aliphatic rings. The third-order valence-electron chi connectivity index (χ3n) is 5.23. The molecule has 1 unspecified atom stereocenters. The van der Waals surface area contributed by atoms with Crippen molar-refractivity contribution in [1.29, 1.82) is 0 Å². The van der Waals surface area contributed by atoms with Crippen LogP contribution in [0.25, 0.3) is 11.2 Å². The molecule has 1 atom stereocenters. The van der Waals surface area contributed by atoms with Gasteiger partial charge in [-0.25, -0.2) is 19.0 Å². The predicted molar refractivity (Wildman–Crippen MR) is 109 cm³/mol. The van der Waals surface area contributed by atoms with Gasteiger partial charge in [0, 0.05) is 31.5 Å². The minimum Gasteiger partial charge on any atom is -0.353 e. The Morgan fingerprint density at radius 1 is 1.23 bits per heavy atom. The van der Waals surface area contributed by atoms with Crippen LogP contribution < -0.4 is 10.2 Å². The first kappa shape index (κ1) is 18.3. The number of nitrogens with one attached hydrogen (secondary N) is 1. The number of nitrogens with zero attached hydrogens (tertiary/aromatic N) is 6. The van der Waals surface area contributed by atoms with Gasteiger partial charge in [0.1, 0.15) is 12.1 Å². The molecule has 5 rings (SSSR count). The number of hydrogen-bond acceptors (Lipinski definition) is 5. The van der Waals surface area contributed by atoms with E-state index in [0.717, 1.165) is 30.0 Å². The Morgan fingerprint density at radius 3 is 2.90 bits per heavy atom. The first-order valence-corrected chi connectivity index (χ1v) is 9.74. The molecule has 4 aromatic rings. The highest BCUT2D eigenvalue weighted by Gasteiger charge is 2.27. The van der Waals surface area contributed by atoms with Crippen LogP contribution in [-0.2, 0) is 0 Å². The summed E-state index contributed by atoms with van der Waals surface area (Å²) in [6, 6.07) is 9.86. The van der Waals surface area contributed by atoms with E-state index in [-0.39, 0.29) is 23.6 Å². The van der Waals surface area contributed by atoms with Gasteiger partial charge in [-0.05, 0) is 49.7 Å². The fraction of sp³-hybridized carbons (Fsp3) is 0.238. The average Bonchev–Trinajstić information content (AvgIpc) is 3.48. The van der Waals surface area contributed by atoms with Crippen molar-refractivity contribution in [2.24, 2.45) is 0 Å². The van der Waals surface area contributed by atoms with Gasteiger partial charge >= 0.3 is 0 Å². The third kappa shape index (κ3) is 3.38. The summed E-state index contributed by atoms with van der Waals surface area (Å²) in [5.41, 5.74) is 2.63. The van der Waals surface area contributed by atoms with E-state index >= 15 is 0 Å². The SMILES string of the molecule is Cc1cn2cccc2c(N2CCC(NC(=O)c3ncn(-c4ccc(F)cc4)n3)C2)n1. The molecule has 8 nitrogen and oxygen atoms in total. The monoisotopic (exact) mass is 405 g/mol. The number of benzene rings is 1. The zero-order valence-corrected chi connectivity index (χ0v) is 16.4. The van der Waals surface area contributed by atoms with Crippen LogP contribution in [0.5, 0.6) is 0 Å². The zero-order chi connectivity index (χ0) is 20.7. The van der Waals surface area contributed by atoms with Crippen molar-refractivity contribution in [3.63, 3.8) is 0 Å². The van der Waals surface area contributed by atoms with Crippen LogP contribution in [0.15, 0.2) is 55.1 Å². The highest BCUT2D eigenvalue weighted by Crippen LogP contribution is 2.24. The topological polar surface area (TPSA) is 80.4 Å². The standard InChI is InChI=1S/C21H20FN7O/c1-14-11-27-9-2-3-18(27)20(24-14)28-10-8-16(12-28)25-21(30)19-23-13-29(26-19)17-6-4-15(22)5-7-17/h2-7,9,11,13,16H,8,10,12H2,1H3,(H,25,30). The molecule has 0 saturated carbocycles. The summed E-state index contributed by atoms with van der Waals surface area (Å²) >= 11 is 0. The van der Waals surface area contributed by atoms with Gasteiger partial charge in [-0.3, -0.25) is 4.79 Å². The van der Waals surface area contributed by atoms with Crippen LogP contribution in [0.2, 0.25) is 0 Å². The van der Waals surface area contributed by atoms with E-state index < -0.39 is 0 Å². The summed E-state index contributed by atoms with van der Waals surface area (Å²) in [5, 5.41) is 7.23. The van der Waals surface area contributed by atoms with Crippen LogP contribution in [-0.4, -0.2) is 49.2 Å². The zero-order valence-electron chi connectivity index (χ0n) is 16.4. The van der Waals surface area contributed by atoms with Crippen molar-refractivity contribution >= 4 is 17.2 Å². The maximum atomic E-state index is 13.1. The number of amides is 1. The molecule has 9 heteroatoms. The summed E-state index contributed by atoms with van der Waals surface area (Å²) in [7, 11) is 0. The van der Waals surface area contributed by atoms with Gasteiger partial charge in [-0.1, -0.05) is 0 Å². The van der Waals surface area contributed by atoms with Crippen LogP contribution in [0.3, 0.4) is 0 Å². The van der Waals surface area contributed by atoms with Gasteiger partial charge in [0.15, 0.2) is 5.82 Å². The quantitative estimate of drug-likeness (QED) is 0.564. The summed E-state index contributed by atoms with van der Waals surface area (Å²) < 4.78 is 16.6. The number of aryl methyl sites for hydroxylation is 1. The molecule has 1 N–H and O–H groups in total. The molecule has 0 bridgehead atoms. The second-order valence-corrected chi connectivity index (χ2v) is 7.40. The number of hydrogen-bond donors (Lipinski definition) is 1. The van der Waals surface area contributed by atoms with E-state index in [4.69, 9.17) is 4.98 Å². The molecule has 1 aromatic carbocycles. The number of carbonyl (C=O) groups excluding carboxylic acids is 1. The smallest absolute Gasteiger partial charge is 0.291 e. The van der Waals surface area contributed by atoms with E-state index in [1.807, 2.05) is 31.5 Å². The minimum absolute atomic E-state index is 0.0207. The van der Waals surface area contributed by atoms with Gasteiger partial charge in [-0.2, -0.15) is 0 Å². The van der Waals surface area contributed by atoms with E-state index in [2.05, 4.69) is 24.7 Å². The normalized spacial score (nSPS) is 16.3. The Morgan fingerprint density at radius 2 is 2.07 bits per heavy atom. The van der Waals surface area contributed by atoms with Gasteiger partial charge in [0.2, 0.25) is 5.82 Å². The molecule has 1 amide bonds. The fourth-order valence-electron chi connectivity index (χ4n) is 3.79. The van der Waals surface area contributed by atoms with Crippen molar-refractivity contribution in [3.8, 4) is 5.69 Å². The summed E-state index contributed by atoms with van der Waals surface area (Å²) in [5.74, 6) is 0.354. The average molecular weight is 405 g/mol. The maximum Gasteiger partial charge on any atom is 0.291 e. The number of anilines is 1. The molecule has 0 spiro atoms. The highest BCUT2D eigenvalue weighted by molar-refractivity contribution is 5.90. The minimum atomic E-state index is -0.330. The number of aromatic nitrogens is 5. The lowest BCUT2D eigenvalue weighted by molar-refractivity contribution is 0.0930. The number of fused-ring (bicyclic) bond motifs is 1. The van der Waals surface area contributed by atoms with E-state index in [1.165, 1.54) is 23.1 Å². The van der Waals surface area contributed by atoms with Gasteiger partial charge in [-0.15, -0.1) is 5.10 Å². The van der Waals surface area contributed by atoms with Crippen molar-refractivity contribution in [2.45, 2.75) is 19.4 Å². The predicted octanol–water partition coefficient (Wildman–Crippen LogP) is 2.37. The molecule has 30 heavy (non-hydrogen) atoms. The van der Waals surface area contributed by atoms with Gasteiger partial charge in [0.25, 0.3) is 5.91 Å². The van der Waals surface area contributed by atoms with Crippen molar-refractivity contribution in [2.75, 3.05) is 18.0 Å². The largest absolute Gasteiger partial charge is 0.353 e. The Labute approximate surface area is 172 Å². The molecule has 4 heterocycles. The molecule has 0 aliphatic carbocycles. The Bertz CT molecular complexity index is 1210. The maximum absolute atomic E-state index is 13.1. The Hall–Kier alpha value is -3.75. The summed E-state index contributed by atoms with van der Waals surface area (Å²) in [6.45, 7) is 3.45. The second kappa shape index (κ2) is 7.25. The molecule has 152 valence electrons. The van der Waals surface area contributed by atoms with Crippen LogP contribution >= 0.6 is 0 Å². The molecule has 1 fully saturated rings. The van der Waals surface area contributed by atoms with Crippen molar-refractivity contribution in [3.05, 3.63) is 72.5 Å². The molecule has 0 radical (unpaired) electrons. The number of carbonyl (C=O) groups is 1. The molecular formula is C21H20FN7O. The fourth-order valence-corrected chi connectivity index (χ4v) is 3.79. The van der Waals surface area contributed by atoms with Gasteiger partial charge < -0.3 is 14.6 Å². The summed E-state index contributed by atoms with van der Waals surface area (Å²) in [6.07, 6.45) is 6.26. The first-order valence-electron chi connectivity index (χ1n) is 9.74. The Balaban J connectivity index is 1.27. The van der Waals surface area contributed by atoms with Crippen LogP contribution in [0.1, 0.15) is 22.7 Å². The van der Waals surface area contributed by atoms with E-state index in [0.29, 0.717) is 12.2 Å². The van der Waals surface area contributed by atoms with E-state index in [1.54, 1.807) is 12.1 Å². The lowest BCUT2D eigenvalue weighted by atomic mass is 10.2. The third-order valence-corrected chi connectivity index (χ3v) is 5.23. The number of halogens is 1. The molecular weight excluding hydrogens is 385 g/mol. The molecule has 1 saturated heterocycles. The molecule has 3 aromatic heterocycles. The summed E-state index contributed by atoms with van der Waals surface area (Å²) in [4.78, 5) is 23.6. The second-order valence-electron chi connectivity index (χ2n) is 7.40. The van der Waals surface area contributed by atoms with Gasteiger partial charge in [0.05, 0.1) is 16.9 Å². The van der Waals surface area contributed by atoms with E-state index in [9.17, 15) is 9.18 Å².